The Morgan fingerprint density at radius 2 is 1.86 bits per heavy atom. The molecule has 1 aliphatic rings. The Morgan fingerprint density at radius 1 is 1.19 bits per heavy atom. The summed E-state index contributed by atoms with van der Waals surface area (Å²) >= 11 is 0. The molecule has 2 rings (SSSR count). The fraction of sp³-hybridized carbons (Fsp3) is 0.562. The average Bonchev–Trinajstić information content (AvgIpc) is 2.46. The Morgan fingerprint density at radius 3 is 2.48 bits per heavy atom. The summed E-state index contributed by atoms with van der Waals surface area (Å²) in [6.45, 7) is 6.28. The van der Waals surface area contributed by atoms with Crippen molar-refractivity contribution in [2.45, 2.75) is 0 Å². The predicted octanol–water partition coefficient (Wildman–Crippen LogP) is 1.19. The highest BCUT2D eigenvalue weighted by Crippen LogP contribution is 2.07. The summed E-state index contributed by atoms with van der Waals surface area (Å²) in [5.41, 5.74) is 0.463. The number of Topliss-reactive ketones (excluding diaryl/α,β-unsaturated/α-hetero) is 1. The molecule has 1 saturated heterocycles. The molecule has 0 amide bonds. The van der Waals surface area contributed by atoms with Crippen molar-refractivity contribution in [2.24, 2.45) is 0 Å². The van der Waals surface area contributed by atoms with E-state index in [1.54, 1.807) is 12.1 Å². The van der Waals surface area contributed by atoms with Gasteiger partial charge in [0.2, 0.25) is 0 Å². The van der Waals surface area contributed by atoms with Crippen LogP contribution in [-0.2, 0) is 0 Å². The molecule has 0 atom stereocenters. The first-order valence-electron chi connectivity index (χ1n) is 7.43. The second-order valence-corrected chi connectivity index (χ2v) is 5.85. The summed E-state index contributed by atoms with van der Waals surface area (Å²) in [5.74, 6) is -0.356. The molecule has 0 aromatic heterocycles. The SMILES string of the molecule is CN(C)CCN1CCN(CC(=O)c2cccc(F)c2)CC1. The molecule has 1 heterocycles. The molecule has 0 aliphatic carbocycles. The zero-order valence-corrected chi connectivity index (χ0v) is 12.9. The van der Waals surface area contributed by atoms with Crippen LogP contribution in [0.4, 0.5) is 4.39 Å². The van der Waals surface area contributed by atoms with Crippen LogP contribution in [0.3, 0.4) is 0 Å². The van der Waals surface area contributed by atoms with Crippen LogP contribution in [0.1, 0.15) is 10.4 Å². The fourth-order valence-electron chi connectivity index (χ4n) is 2.47. The topological polar surface area (TPSA) is 26.8 Å². The van der Waals surface area contributed by atoms with Gasteiger partial charge in [0, 0.05) is 44.8 Å². The number of carbonyl (C=O) groups excluding carboxylic acids is 1. The highest BCUT2D eigenvalue weighted by atomic mass is 19.1. The molecule has 0 saturated carbocycles. The molecule has 116 valence electrons. The lowest BCUT2D eigenvalue weighted by Gasteiger charge is -2.34. The summed E-state index contributed by atoms with van der Waals surface area (Å²) in [6.07, 6.45) is 0. The second kappa shape index (κ2) is 7.64. The van der Waals surface area contributed by atoms with Crippen LogP contribution in [0.2, 0.25) is 0 Å². The Bertz CT molecular complexity index is 470. The number of carbonyl (C=O) groups is 1. The normalized spacial score (nSPS) is 17.3. The highest BCUT2D eigenvalue weighted by molar-refractivity contribution is 5.97. The van der Waals surface area contributed by atoms with Crippen molar-refractivity contribution >= 4 is 5.78 Å². The van der Waals surface area contributed by atoms with Crippen LogP contribution in [0.5, 0.6) is 0 Å². The van der Waals surface area contributed by atoms with Crippen molar-refractivity contribution in [3.63, 3.8) is 0 Å². The van der Waals surface area contributed by atoms with Gasteiger partial charge in [-0.15, -0.1) is 0 Å². The van der Waals surface area contributed by atoms with Gasteiger partial charge in [-0.05, 0) is 26.2 Å². The van der Waals surface area contributed by atoms with E-state index in [1.807, 2.05) is 0 Å². The number of likely N-dealkylation sites (N-methyl/N-ethyl adjacent to an activating group) is 1. The van der Waals surface area contributed by atoms with Gasteiger partial charge in [-0.25, -0.2) is 4.39 Å². The monoisotopic (exact) mass is 293 g/mol. The third kappa shape index (κ3) is 5.19. The van der Waals surface area contributed by atoms with Crippen LogP contribution in [0.25, 0.3) is 0 Å². The van der Waals surface area contributed by atoms with Gasteiger partial charge < -0.3 is 4.90 Å². The fourth-order valence-corrected chi connectivity index (χ4v) is 2.47. The van der Waals surface area contributed by atoms with Crippen LogP contribution in [-0.4, -0.2) is 80.4 Å². The number of hydrogen-bond acceptors (Lipinski definition) is 4. The van der Waals surface area contributed by atoms with Crippen molar-refractivity contribution in [1.82, 2.24) is 14.7 Å². The molecule has 0 spiro atoms. The number of ketones is 1. The van der Waals surface area contributed by atoms with Crippen molar-refractivity contribution < 1.29 is 9.18 Å². The van der Waals surface area contributed by atoms with E-state index in [0.29, 0.717) is 12.1 Å². The second-order valence-electron chi connectivity index (χ2n) is 5.85. The minimum absolute atomic E-state index is 0.00348. The largest absolute Gasteiger partial charge is 0.308 e. The van der Waals surface area contributed by atoms with E-state index >= 15 is 0 Å². The number of hydrogen-bond donors (Lipinski definition) is 0. The lowest BCUT2D eigenvalue weighted by Crippen LogP contribution is -2.49. The Balaban J connectivity index is 1.77. The minimum atomic E-state index is -0.352. The molecule has 0 unspecified atom stereocenters. The van der Waals surface area contributed by atoms with Crippen LogP contribution < -0.4 is 0 Å². The average molecular weight is 293 g/mol. The number of benzene rings is 1. The summed E-state index contributed by atoms with van der Waals surface area (Å²) in [4.78, 5) is 18.9. The molecular formula is C16H24FN3O. The molecule has 4 nitrogen and oxygen atoms in total. The number of halogens is 1. The standard InChI is InChI=1S/C16H24FN3O/c1-18(2)6-7-19-8-10-20(11-9-19)13-16(21)14-4-3-5-15(17)12-14/h3-5,12H,6-11,13H2,1-2H3. The van der Waals surface area contributed by atoms with Gasteiger partial charge in [0.05, 0.1) is 6.54 Å². The van der Waals surface area contributed by atoms with E-state index in [4.69, 9.17) is 0 Å². The molecule has 1 aromatic rings. The maximum Gasteiger partial charge on any atom is 0.176 e. The molecule has 1 fully saturated rings. The molecule has 1 aliphatic heterocycles. The maximum atomic E-state index is 13.1. The smallest absolute Gasteiger partial charge is 0.176 e. The number of rotatable bonds is 6. The van der Waals surface area contributed by atoms with E-state index in [9.17, 15) is 9.18 Å². The van der Waals surface area contributed by atoms with Gasteiger partial charge in [-0.1, -0.05) is 12.1 Å². The Hall–Kier alpha value is -1.30. The first-order chi connectivity index (χ1) is 10.0. The van der Waals surface area contributed by atoms with Crippen LogP contribution >= 0.6 is 0 Å². The van der Waals surface area contributed by atoms with Crippen molar-refractivity contribution in [1.29, 1.82) is 0 Å². The van der Waals surface area contributed by atoms with Gasteiger partial charge in [0.15, 0.2) is 5.78 Å². The first kappa shape index (κ1) is 16.1. The highest BCUT2D eigenvalue weighted by Gasteiger charge is 2.19. The lowest BCUT2D eigenvalue weighted by atomic mass is 10.1. The first-order valence-corrected chi connectivity index (χ1v) is 7.43. The molecule has 0 N–H and O–H groups in total. The quantitative estimate of drug-likeness (QED) is 0.736. The van der Waals surface area contributed by atoms with Gasteiger partial charge in [-0.2, -0.15) is 0 Å². The third-order valence-corrected chi connectivity index (χ3v) is 3.84. The molecule has 0 bridgehead atoms. The van der Waals surface area contributed by atoms with Gasteiger partial charge in [0.1, 0.15) is 5.82 Å². The maximum absolute atomic E-state index is 13.1. The minimum Gasteiger partial charge on any atom is -0.308 e. The van der Waals surface area contributed by atoms with Crippen molar-refractivity contribution in [3.8, 4) is 0 Å². The zero-order chi connectivity index (χ0) is 15.2. The summed E-state index contributed by atoms with van der Waals surface area (Å²) in [5, 5.41) is 0. The molecule has 1 aromatic carbocycles. The number of nitrogens with zero attached hydrogens (tertiary/aromatic N) is 3. The Labute approximate surface area is 126 Å². The molecular weight excluding hydrogens is 269 g/mol. The van der Waals surface area contributed by atoms with E-state index in [1.165, 1.54) is 12.1 Å². The van der Waals surface area contributed by atoms with E-state index in [-0.39, 0.29) is 11.6 Å². The molecule has 0 radical (unpaired) electrons. The van der Waals surface area contributed by atoms with Gasteiger partial charge in [-0.3, -0.25) is 14.6 Å². The number of piperazine rings is 1. The van der Waals surface area contributed by atoms with Crippen LogP contribution in [0.15, 0.2) is 24.3 Å². The zero-order valence-electron chi connectivity index (χ0n) is 12.9. The molecule has 5 heteroatoms. The van der Waals surface area contributed by atoms with E-state index in [2.05, 4.69) is 28.8 Å². The van der Waals surface area contributed by atoms with Crippen LogP contribution in [0, 0.1) is 5.82 Å². The van der Waals surface area contributed by atoms with E-state index in [0.717, 1.165) is 39.3 Å². The summed E-state index contributed by atoms with van der Waals surface area (Å²) in [7, 11) is 4.15. The summed E-state index contributed by atoms with van der Waals surface area (Å²) in [6, 6.07) is 5.94. The predicted molar refractivity (Wildman–Crippen MR) is 82.2 cm³/mol. The van der Waals surface area contributed by atoms with Crippen molar-refractivity contribution in [3.05, 3.63) is 35.6 Å². The van der Waals surface area contributed by atoms with Gasteiger partial charge in [0.25, 0.3) is 0 Å². The summed E-state index contributed by atoms with van der Waals surface area (Å²) < 4.78 is 13.1. The third-order valence-electron chi connectivity index (χ3n) is 3.84. The molecule has 21 heavy (non-hydrogen) atoms. The Kier molecular flexibility index (Phi) is 5.85. The van der Waals surface area contributed by atoms with E-state index < -0.39 is 0 Å². The van der Waals surface area contributed by atoms with Gasteiger partial charge >= 0.3 is 0 Å². The lowest BCUT2D eigenvalue weighted by molar-refractivity contribution is 0.0844. The van der Waals surface area contributed by atoms with Crippen molar-refractivity contribution in [2.75, 3.05) is 59.9 Å².